The maximum absolute atomic E-state index is 13.2. The molecule has 0 aliphatic carbocycles. The molecule has 1 nitrogen and oxygen atoms in total. The van der Waals surface area contributed by atoms with Gasteiger partial charge in [0.25, 0.3) is 0 Å². The van der Waals surface area contributed by atoms with Gasteiger partial charge in [0.15, 0.2) is 0 Å². The minimum absolute atomic E-state index is 0.193. The number of nitrogens with one attached hydrogen (secondary N) is 1. The van der Waals surface area contributed by atoms with Gasteiger partial charge in [-0.3, -0.25) is 0 Å². The lowest BCUT2D eigenvalue weighted by Crippen LogP contribution is -2.31. The molecule has 0 saturated carbocycles. The highest BCUT2D eigenvalue weighted by Crippen LogP contribution is 2.17. The molecular formula is C13H19ClFN. The van der Waals surface area contributed by atoms with Crippen LogP contribution in [0.1, 0.15) is 32.3 Å². The zero-order valence-corrected chi connectivity index (χ0v) is 10.6. The van der Waals surface area contributed by atoms with Crippen molar-refractivity contribution in [3.63, 3.8) is 0 Å². The first-order valence-corrected chi connectivity index (χ1v) is 6.22. The second kappa shape index (κ2) is 6.87. The van der Waals surface area contributed by atoms with Crippen LogP contribution in [0, 0.1) is 5.82 Å². The Balaban J connectivity index is 2.59. The molecule has 16 heavy (non-hydrogen) atoms. The number of hydrogen-bond acceptors (Lipinski definition) is 1. The number of hydrogen-bond donors (Lipinski definition) is 1. The van der Waals surface area contributed by atoms with Crippen LogP contribution in [0.15, 0.2) is 18.2 Å². The minimum Gasteiger partial charge on any atom is -0.314 e. The molecule has 0 aliphatic heterocycles. The van der Waals surface area contributed by atoms with E-state index in [0.29, 0.717) is 6.04 Å². The fraction of sp³-hybridized carbons (Fsp3) is 0.538. The van der Waals surface area contributed by atoms with Crippen LogP contribution >= 0.6 is 11.6 Å². The van der Waals surface area contributed by atoms with E-state index in [1.165, 1.54) is 6.07 Å². The standard InChI is InChI=1S/C13H19ClFN/c1-3-7-16-11(4-2)8-10-5-6-12(14)13(15)9-10/h5-6,9,11,16H,3-4,7-8H2,1-2H3. The van der Waals surface area contributed by atoms with E-state index in [4.69, 9.17) is 11.6 Å². The highest BCUT2D eigenvalue weighted by atomic mass is 35.5. The van der Waals surface area contributed by atoms with Crippen molar-refractivity contribution in [1.82, 2.24) is 5.32 Å². The van der Waals surface area contributed by atoms with Gasteiger partial charge in [-0.2, -0.15) is 0 Å². The summed E-state index contributed by atoms with van der Waals surface area (Å²) in [5.74, 6) is -0.329. The first kappa shape index (κ1) is 13.5. The summed E-state index contributed by atoms with van der Waals surface area (Å²) in [4.78, 5) is 0. The summed E-state index contributed by atoms with van der Waals surface area (Å²) in [6, 6.07) is 5.46. The predicted octanol–water partition coefficient (Wildman–Crippen LogP) is 3.80. The maximum atomic E-state index is 13.2. The van der Waals surface area contributed by atoms with Crippen molar-refractivity contribution in [2.45, 2.75) is 39.2 Å². The lowest BCUT2D eigenvalue weighted by molar-refractivity contribution is 0.493. The molecule has 90 valence electrons. The third-order valence-corrected chi connectivity index (χ3v) is 2.95. The van der Waals surface area contributed by atoms with Crippen LogP contribution in [0.3, 0.4) is 0 Å². The maximum Gasteiger partial charge on any atom is 0.142 e. The average molecular weight is 244 g/mol. The van der Waals surface area contributed by atoms with Crippen molar-refractivity contribution in [1.29, 1.82) is 0 Å². The van der Waals surface area contributed by atoms with E-state index >= 15 is 0 Å². The van der Waals surface area contributed by atoms with Crippen LogP contribution in [0.2, 0.25) is 5.02 Å². The zero-order chi connectivity index (χ0) is 12.0. The Kier molecular flexibility index (Phi) is 5.78. The van der Waals surface area contributed by atoms with Gasteiger partial charge in [0.1, 0.15) is 5.82 Å². The molecule has 1 N–H and O–H groups in total. The molecule has 0 bridgehead atoms. The van der Waals surface area contributed by atoms with E-state index in [1.807, 2.05) is 6.07 Å². The molecule has 1 atom stereocenters. The largest absolute Gasteiger partial charge is 0.314 e. The third kappa shape index (κ3) is 4.11. The molecule has 0 aromatic heterocycles. The second-order valence-electron chi connectivity index (χ2n) is 4.01. The van der Waals surface area contributed by atoms with Crippen molar-refractivity contribution < 1.29 is 4.39 Å². The Hall–Kier alpha value is -0.600. The molecule has 0 saturated heterocycles. The molecule has 3 heteroatoms. The topological polar surface area (TPSA) is 12.0 Å². The molecule has 0 fully saturated rings. The van der Waals surface area contributed by atoms with E-state index in [1.54, 1.807) is 6.07 Å². The summed E-state index contributed by atoms with van der Waals surface area (Å²) in [7, 11) is 0. The zero-order valence-electron chi connectivity index (χ0n) is 9.89. The van der Waals surface area contributed by atoms with Gasteiger partial charge in [-0.1, -0.05) is 31.5 Å². The summed E-state index contributed by atoms with van der Waals surface area (Å²) in [6.07, 6.45) is 3.01. The van der Waals surface area contributed by atoms with Crippen LogP contribution in [0.25, 0.3) is 0 Å². The van der Waals surface area contributed by atoms with Gasteiger partial charge in [0.2, 0.25) is 0 Å². The van der Waals surface area contributed by atoms with Gasteiger partial charge in [0, 0.05) is 6.04 Å². The van der Waals surface area contributed by atoms with Crippen molar-refractivity contribution in [2.24, 2.45) is 0 Å². The van der Waals surface area contributed by atoms with E-state index < -0.39 is 0 Å². The molecule has 1 aromatic carbocycles. The SMILES string of the molecule is CCCNC(CC)Cc1ccc(Cl)c(F)c1. The molecule has 0 amide bonds. The first-order chi connectivity index (χ1) is 7.67. The molecule has 0 spiro atoms. The Morgan fingerprint density at radius 1 is 1.38 bits per heavy atom. The van der Waals surface area contributed by atoms with Gasteiger partial charge < -0.3 is 5.32 Å². The summed E-state index contributed by atoms with van der Waals surface area (Å²) in [5, 5.41) is 3.64. The second-order valence-corrected chi connectivity index (χ2v) is 4.42. The van der Waals surface area contributed by atoms with Crippen molar-refractivity contribution >= 4 is 11.6 Å². The fourth-order valence-electron chi connectivity index (χ4n) is 1.66. The van der Waals surface area contributed by atoms with E-state index in [2.05, 4.69) is 19.2 Å². The molecule has 1 unspecified atom stereocenters. The summed E-state index contributed by atoms with van der Waals surface area (Å²) in [5.41, 5.74) is 0.998. The minimum atomic E-state index is -0.329. The Morgan fingerprint density at radius 2 is 2.12 bits per heavy atom. The Bertz CT molecular complexity index is 328. The first-order valence-electron chi connectivity index (χ1n) is 5.84. The molecule has 1 rings (SSSR count). The van der Waals surface area contributed by atoms with E-state index in [0.717, 1.165) is 31.4 Å². The van der Waals surface area contributed by atoms with Gasteiger partial charge in [-0.05, 0) is 43.5 Å². The van der Waals surface area contributed by atoms with Gasteiger partial charge in [-0.15, -0.1) is 0 Å². The number of rotatable bonds is 6. The van der Waals surface area contributed by atoms with Crippen LogP contribution in [0.5, 0.6) is 0 Å². The lowest BCUT2D eigenvalue weighted by atomic mass is 10.0. The highest BCUT2D eigenvalue weighted by Gasteiger charge is 2.08. The highest BCUT2D eigenvalue weighted by molar-refractivity contribution is 6.30. The predicted molar refractivity (Wildman–Crippen MR) is 67.5 cm³/mol. The van der Waals surface area contributed by atoms with Crippen molar-refractivity contribution in [3.8, 4) is 0 Å². The van der Waals surface area contributed by atoms with Gasteiger partial charge in [0.05, 0.1) is 5.02 Å². The monoisotopic (exact) mass is 243 g/mol. The van der Waals surface area contributed by atoms with Gasteiger partial charge in [-0.25, -0.2) is 4.39 Å². The summed E-state index contributed by atoms with van der Waals surface area (Å²) in [6.45, 7) is 5.29. The molecule has 0 radical (unpaired) electrons. The quantitative estimate of drug-likeness (QED) is 0.802. The Labute approximate surface area is 102 Å². The molecule has 1 aromatic rings. The lowest BCUT2D eigenvalue weighted by Gasteiger charge is -2.16. The van der Waals surface area contributed by atoms with Crippen molar-refractivity contribution in [2.75, 3.05) is 6.54 Å². The molecular weight excluding hydrogens is 225 g/mol. The third-order valence-electron chi connectivity index (χ3n) is 2.64. The van der Waals surface area contributed by atoms with Crippen LogP contribution in [-0.4, -0.2) is 12.6 Å². The number of benzene rings is 1. The normalized spacial score (nSPS) is 12.8. The van der Waals surface area contributed by atoms with E-state index in [-0.39, 0.29) is 10.8 Å². The van der Waals surface area contributed by atoms with Crippen LogP contribution in [0.4, 0.5) is 4.39 Å². The van der Waals surface area contributed by atoms with Crippen LogP contribution in [-0.2, 0) is 6.42 Å². The molecule has 0 aliphatic rings. The average Bonchev–Trinajstić information content (AvgIpc) is 2.29. The number of halogens is 2. The summed E-state index contributed by atoms with van der Waals surface area (Å²) >= 11 is 5.64. The van der Waals surface area contributed by atoms with Gasteiger partial charge >= 0.3 is 0 Å². The Morgan fingerprint density at radius 3 is 2.69 bits per heavy atom. The fourth-order valence-corrected chi connectivity index (χ4v) is 1.78. The van der Waals surface area contributed by atoms with E-state index in [9.17, 15) is 4.39 Å². The summed E-state index contributed by atoms with van der Waals surface area (Å²) < 4.78 is 13.2. The van der Waals surface area contributed by atoms with Crippen LogP contribution < -0.4 is 5.32 Å². The smallest absolute Gasteiger partial charge is 0.142 e. The molecule has 0 heterocycles. The van der Waals surface area contributed by atoms with Crippen molar-refractivity contribution in [3.05, 3.63) is 34.6 Å².